The van der Waals surface area contributed by atoms with Crippen molar-refractivity contribution in [1.29, 1.82) is 0 Å². The summed E-state index contributed by atoms with van der Waals surface area (Å²) in [5, 5.41) is 13.2. The van der Waals surface area contributed by atoms with Gasteiger partial charge in [-0.2, -0.15) is 0 Å². The lowest BCUT2D eigenvalue weighted by Crippen LogP contribution is -2.34. The molecule has 1 aliphatic heterocycles. The second kappa shape index (κ2) is 7.77. The van der Waals surface area contributed by atoms with Gasteiger partial charge in [0, 0.05) is 29.3 Å². The SMILES string of the molecule is CCCCOC(=O)C1=C(C)NC2=C(C(=O)CCC2)C1c1cccc(O)c1. The summed E-state index contributed by atoms with van der Waals surface area (Å²) >= 11 is 0. The molecule has 5 nitrogen and oxygen atoms in total. The summed E-state index contributed by atoms with van der Waals surface area (Å²) < 4.78 is 5.46. The number of carbonyl (C=O) groups excluding carboxylic acids is 2. The number of aromatic hydroxyl groups is 1. The van der Waals surface area contributed by atoms with E-state index in [-0.39, 0.29) is 11.5 Å². The van der Waals surface area contributed by atoms with E-state index in [4.69, 9.17) is 4.74 Å². The molecule has 0 saturated heterocycles. The van der Waals surface area contributed by atoms with Gasteiger partial charge in [-0.1, -0.05) is 25.5 Å². The highest BCUT2D eigenvalue weighted by Gasteiger charge is 2.39. The lowest BCUT2D eigenvalue weighted by Gasteiger charge is -2.34. The van der Waals surface area contributed by atoms with Crippen molar-refractivity contribution >= 4 is 11.8 Å². The Morgan fingerprint density at radius 1 is 1.35 bits per heavy atom. The molecular weight excluding hydrogens is 330 g/mol. The van der Waals surface area contributed by atoms with Crippen LogP contribution >= 0.6 is 0 Å². The average molecular weight is 355 g/mol. The van der Waals surface area contributed by atoms with Gasteiger partial charge in [-0.3, -0.25) is 4.79 Å². The van der Waals surface area contributed by atoms with Crippen molar-refractivity contribution < 1.29 is 19.4 Å². The number of nitrogens with one attached hydrogen (secondary N) is 1. The maximum absolute atomic E-state index is 12.8. The molecule has 5 heteroatoms. The largest absolute Gasteiger partial charge is 0.508 e. The first kappa shape index (κ1) is 18.2. The molecular formula is C21H25NO4. The monoisotopic (exact) mass is 355 g/mol. The van der Waals surface area contributed by atoms with Gasteiger partial charge in [-0.25, -0.2) is 4.79 Å². The van der Waals surface area contributed by atoms with E-state index in [1.807, 2.05) is 19.9 Å². The lowest BCUT2D eigenvalue weighted by molar-refractivity contribution is -0.139. The van der Waals surface area contributed by atoms with E-state index < -0.39 is 11.9 Å². The van der Waals surface area contributed by atoms with Crippen molar-refractivity contribution in [3.8, 4) is 5.75 Å². The van der Waals surface area contributed by atoms with E-state index in [1.165, 1.54) is 0 Å². The molecule has 26 heavy (non-hydrogen) atoms. The van der Waals surface area contributed by atoms with Crippen LogP contribution in [0.25, 0.3) is 0 Å². The van der Waals surface area contributed by atoms with Crippen LogP contribution < -0.4 is 5.32 Å². The van der Waals surface area contributed by atoms with Crippen molar-refractivity contribution in [3.63, 3.8) is 0 Å². The predicted molar refractivity (Wildman–Crippen MR) is 98.4 cm³/mol. The van der Waals surface area contributed by atoms with Crippen LogP contribution in [0.1, 0.15) is 57.4 Å². The molecule has 138 valence electrons. The maximum Gasteiger partial charge on any atom is 0.336 e. The highest BCUT2D eigenvalue weighted by atomic mass is 16.5. The van der Waals surface area contributed by atoms with Crippen molar-refractivity contribution in [2.45, 2.75) is 51.9 Å². The second-order valence-corrected chi connectivity index (χ2v) is 6.85. The summed E-state index contributed by atoms with van der Waals surface area (Å²) in [5.74, 6) is -0.733. The molecule has 0 bridgehead atoms. The summed E-state index contributed by atoms with van der Waals surface area (Å²) in [6, 6.07) is 6.78. The first-order valence-electron chi connectivity index (χ1n) is 9.23. The number of allylic oxidation sites excluding steroid dienone is 3. The molecule has 0 amide bonds. The Balaban J connectivity index is 2.06. The van der Waals surface area contributed by atoms with Gasteiger partial charge in [0.2, 0.25) is 0 Å². The topological polar surface area (TPSA) is 75.6 Å². The van der Waals surface area contributed by atoms with Crippen molar-refractivity contribution in [2.24, 2.45) is 0 Å². The van der Waals surface area contributed by atoms with E-state index in [1.54, 1.807) is 18.2 Å². The molecule has 1 aromatic carbocycles. The quantitative estimate of drug-likeness (QED) is 0.622. The van der Waals surface area contributed by atoms with Crippen molar-refractivity contribution in [1.82, 2.24) is 5.32 Å². The fourth-order valence-electron chi connectivity index (χ4n) is 3.68. The van der Waals surface area contributed by atoms with Gasteiger partial charge in [0.25, 0.3) is 0 Å². The molecule has 0 saturated carbocycles. The number of rotatable bonds is 5. The van der Waals surface area contributed by atoms with Crippen LogP contribution in [0, 0.1) is 0 Å². The fraction of sp³-hybridized carbons (Fsp3) is 0.429. The number of unbranched alkanes of at least 4 members (excludes halogenated alkanes) is 1. The van der Waals surface area contributed by atoms with E-state index in [0.717, 1.165) is 36.9 Å². The fourth-order valence-corrected chi connectivity index (χ4v) is 3.68. The summed E-state index contributed by atoms with van der Waals surface area (Å²) in [5.41, 5.74) is 3.43. The van der Waals surface area contributed by atoms with Gasteiger partial charge in [-0.05, 0) is 43.9 Å². The summed E-state index contributed by atoms with van der Waals surface area (Å²) in [4.78, 5) is 25.5. The highest BCUT2D eigenvalue weighted by molar-refractivity contribution is 6.03. The molecule has 1 unspecified atom stereocenters. The highest BCUT2D eigenvalue weighted by Crippen LogP contribution is 2.43. The van der Waals surface area contributed by atoms with Gasteiger partial charge < -0.3 is 15.2 Å². The summed E-state index contributed by atoms with van der Waals surface area (Å²) in [7, 11) is 0. The summed E-state index contributed by atoms with van der Waals surface area (Å²) in [6.07, 6.45) is 3.81. The van der Waals surface area contributed by atoms with Gasteiger partial charge in [0.05, 0.1) is 12.2 Å². The molecule has 1 aliphatic carbocycles. The van der Waals surface area contributed by atoms with Crippen LogP contribution in [0.15, 0.2) is 46.8 Å². The van der Waals surface area contributed by atoms with Crippen molar-refractivity contribution in [2.75, 3.05) is 6.61 Å². The molecule has 3 rings (SSSR count). The molecule has 1 aromatic rings. The zero-order valence-corrected chi connectivity index (χ0v) is 15.3. The molecule has 2 aliphatic rings. The maximum atomic E-state index is 12.8. The Kier molecular flexibility index (Phi) is 5.45. The molecule has 0 aromatic heterocycles. The summed E-state index contributed by atoms with van der Waals surface area (Å²) in [6.45, 7) is 4.24. The van der Waals surface area contributed by atoms with Crippen LogP contribution in [0.4, 0.5) is 0 Å². The first-order valence-corrected chi connectivity index (χ1v) is 9.23. The molecule has 0 spiro atoms. The third-order valence-electron chi connectivity index (χ3n) is 4.93. The van der Waals surface area contributed by atoms with Crippen LogP contribution in [0.5, 0.6) is 5.75 Å². The molecule has 0 fully saturated rings. The number of hydrogen-bond acceptors (Lipinski definition) is 5. The van der Waals surface area contributed by atoms with Crippen LogP contribution in [-0.4, -0.2) is 23.5 Å². The minimum atomic E-state index is -0.500. The van der Waals surface area contributed by atoms with E-state index >= 15 is 0 Å². The van der Waals surface area contributed by atoms with Gasteiger partial charge in [-0.15, -0.1) is 0 Å². The number of phenols is 1. The molecule has 1 atom stereocenters. The molecule has 1 heterocycles. The average Bonchev–Trinajstić information content (AvgIpc) is 2.61. The van der Waals surface area contributed by atoms with E-state index in [0.29, 0.717) is 29.9 Å². The van der Waals surface area contributed by atoms with Gasteiger partial charge in [0.15, 0.2) is 5.78 Å². The smallest absolute Gasteiger partial charge is 0.336 e. The van der Waals surface area contributed by atoms with E-state index in [9.17, 15) is 14.7 Å². The number of Topliss-reactive ketones (excluding diaryl/α,β-unsaturated/α-hetero) is 1. The number of hydrogen-bond donors (Lipinski definition) is 2. The molecule has 2 N–H and O–H groups in total. The molecule has 0 radical (unpaired) electrons. The Morgan fingerprint density at radius 3 is 2.88 bits per heavy atom. The predicted octanol–water partition coefficient (Wildman–Crippen LogP) is 3.70. The van der Waals surface area contributed by atoms with Gasteiger partial charge >= 0.3 is 5.97 Å². The Hall–Kier alpha value is -2.56. The van der Waals surface area contributed by atoms with Crippen molar-refractivity contribution in [3.05, 3.63) is 52.4 Å². The number of ether oxygens (including phenoxy) is 1. The minimum absolute atomic E-state index is 0.0541. The standard InChI is InChI=1S/C21H25NO4/c1-3-4-11-26-21(25)18-13(2)22-16-9-6-10-17(24)20(16)19(18)14-7-5-8-15(23)12-14/h5,7-8,12,19,22-23H,3-4,6,9-11H2,1-2H3. The third-order valence-corrected chi connectivity index (χ3v) is 4.93. The van der Waals surface area contributed by atoms with Gasteiger partial charge in [0.1, 0.15) is 5.75 Å². The Bertz CT molecular complexity index is 791. The van der Waals surface area contributed by atoms with Crippen LogP contribution in [-0.2, 0) is 14.3 Å². The lowest BCUT2D eigenvalue weighted by atomic mass is 9.75. The number of benzene rings is 1. The minimum Gasteiger partial charge on any atom is -0.508 e. The first-order chi connectivity index (χ1) is 12.5. The number of carbonyl (C=O) groups is 2. The number of phenolic OH excluding ortho intramolecular Hbond substituents is 1. The normalized spacial score (nSPS) is 19.9. The number of ketones is 1. The second-order valence-electron chi connectivity index (χ2n) is 6.85. The number of dihydropyridines is 1. The number of esters is 1. The Labute approximate surface area is 153 Å². The zero-order chi connectivity index (χ0) is 18.7. The zero-order valence-electron chi connectivity index (χ0n) is 15.3. The Morgan fingerprint density at radius 2 is 2.15 bits per heavy atom. The van der Waals surface area contributed by atoms with Crippen LogP contribution in [0.3, 0.4) is 0 Å². The third kappa shape index (κ3) is 3.52. The van der Waals surface area contributed by atoms with E-state index in [2.05, 4.69) is 5.32 Å². The van der Waals surface area contributed by atoms with Crippen LogP contribution in [0.2, 0.25) is 0 Å².